The molecule has 5 heteroatoms. The lowest BCUT2D eigenvalue weighted by Gasteiger charge is -2.42. The molecule has 2 aliphatic rings. The first-order chi connectivity index (χ1) is 10.5. The predicted molar refractivity (Wildman–Crippen MR) is 86.2 cm³/mol. The maximum Gasteiger partial charge on any atom is 0.221 e. The second-order valence-electron chi connectivity index (χ2n) is 6.54. The van der Waals surface area contributed by atoms with Gasteiger partial charge in [0.2, 0.25) is 5.91 Å². The Bertz CT molecular complexity index is 641. The molecule has 0 bridgehead atoms. The SMILES string of the molecule is O=C1C[C@]2(CCCC[C@H]2Cc2ccccc2)S(=O)(=O)CCN1. The van der Waals surface area contributed by atoms with Gasteiger partial charge in [-0.3, -0.25) is 4.79 Å². The highest BCUT2D eigenvalue weighted by atomic mass is 32.2. The van der Waals surface area contributed by atoms with Crippen molar-refractivity contribution >= 4 is 15.7 Å². The van der Waals surface area contributed by atoms with Gasteiger partial charge in [-0.1, -0.05) is 43.2 Å². The molecule has 22 heavy (non-hydrogen) atoms. The number of carbonyl (C=O) groups is 1. The summed E-state index contributed by atoms with van der Waals surface area (Å²) in [7, 11) is -3.27. The monoisotopic (exact) mass is 321 g/mol. The average Bonchev–Trinajstić information content (AvgIpc) is 2.60. The molecule has 1 saturated carbocycles. The van der Waals surface area contributed by atoms with Crippen LogP contribution < -0.4 is 5.32 Å². The lowest BCUT2D eigenvalue weighted by atomic mass is 9.73. The van der Waals surface area contributed by atoms with Crippen molar-refractivity contribution in [2.75, 3.05) is 12.3 Å². The second-order valence-corrected chi connectivity index (χ2v) is 8.99. The second kappa shape index (κ2) is 6.03. The molecule has 0 unspecified atom stereocenters. The van der Waals surface area contributed by atoms with Crippen LogP contribution in [0.25, 0.3) is 0 Å². The first kappa shape index (κ1) is 15.5. The van der Waals surface area contributed by atoms with Crippen molar-refractivity contribution in [1.29, 1.82) is 0 Å². The van der Waals surface area contributed by atoms with Gasteiger partial charge >= 0.3 is 0 Å². The van der Waals surface area contributed by atoms with Gasteiger partial charge in [0.15, 0.2) is 9.84 Å². The van der Waals surface area contributed by atoms with Crippen molar-refractivity contribution in [2.24, 2.45) is 5.92 Å². The van der Waals surface area contributed by atoms with Gasteiger partial charge in [-0.05, 0) is 30.7 Å². The number of amides is 1. The van der Waals surface area contributed by atoms with Crippen LogP contribution in [0.4, 0.5) is 0 Å². The van der Waals surface area contributed by atoms with E-state index >= 15 is 0 Å². The third kappa shape index (κ3) is 2.78. The fraction of sp³-hybridized carbons (Fsp3) is 0.588. The summed E-state index contributed by atoms with van der Waals surface area (Å²) >= 11 is 0. The van der Waals surface area contributed by atoms with Crippen LogP contribution in [0.1, 0.15) is 37.7 Å². The van der Waals surface area contributed by atoms with E-state index in [-0.39, 0.29) is 30.5 Å². The van der Waals surface area contributed by atoms with E-state index in [1.54, 1.807) is 0 Å². The van der Waals surface area contributed by atoms with Crippen LogP contribution in [0, 0.1) is 5.92 Å². The van der Waals surface area contributed by atoms with E-state index in [4.69, 9.17) is 0 Å². The number of sulfone groups is 1. The quantitative estimate of drug-likeness (QED) is 0.907. The normalized spacial score (nSPS) is 31.5. The van der Waals surface area contributed by atoms with Crippen molar-refractivity contribution in [1.82, 2.24) is 5.32 Å². The maximum absolute atomic E-state index is 12.9. The van der Waals surface area contributed by atoms with Gasteiger partial charge < -0.3 is 5.32 Å². The highest BCUT2D eigenvalue weighted by Gasteiger charge is 2.52. The minimum absolute atomic E-state index is 0.0394. The predicted octanol–water partition coefficient (Wildman–Crippen LogP) is 2.09. The molecule has 1 saturated heterocycles. The lowest BCUT2D eigenvalue weighted by molar-refractivity contribution is -0.121. The van der Waals surface area contributed by atoms with E-state index in [9.17, 15) is 13.2 Å². The van der Waals surface area contributed by atoms with Gasteiger partial charge in [-0.15, -0.1) is 0 Å². The topological polar surface area (TPSA) is 63.2 Å². The summed E-state index contributed by atoms with van der Waals surface area (Å²) in [5.41, 5.74) is 1.16. The van der Waals surface area contributed by atoms with E-state index in [0.29, 0.717) is 6.42 Å². The largest absolute Gasteiger partial charge is 0.355 e. The molecule has 1 aromatic carbocycles. The smallest absolute Gasteiger partial charge is 0.221 e. The average molecular weight is 321 g/mol. The minimum atomic E-state index is -3.27. The maximum atomic E-state index is 12.9. The number of benzene rings is 1. The third-order valence-electron chi connectivity index (χ3n) is 5.24. The first-order valence-electron chi connectivity index (χ1n) is 8.06. The molecule has 1 aliphatic heterocycles. The molecular formula is C17H23NO3S. The van der Waals surface area contributed by atoms with Gasteiger partial charge in [-0.2, -0.15) is 0 Å². The Labute approximate surface area is 132 Å². The zero-order valence-corrected chi connectivity index (χ0v) is 13.6. The Morgan fingerprint density at radius 2 is 1.95 bits per heavy atom. The van der Waals surface area contributed by atoms with Crippen molar-refractivity contribution in [3.05, 3.63) is 35.9 Å². The molecule has 1 amide bonds. The summed E-state index contributed by atoms with van der Waals surface area (Å²) in [6, 6.07) is 10.0. The van der Waals surface area contributed by atoms with Crippen LogP contribution in [0.3, 0.4) is 0 Å². The lowest BCUT2D eigenvalue weighted by Crippen LogP contribution is -2.50. The number of hydrogen-bond donors (Lipinski definition) is 1. The van der Waals surface area contributed by atoms with E-state index in [1.165, 1.54) is 0 Å². The molecule has 1 N–H and O–H groups in total. The molecule has 0 radical (unpaired) electrons. The third-order valence-corrected chi connectivity index (χ3v) is 7.91. The van der Waals surface area contributed by atoms with Crippen LogP contribution in [0.2, 0.25) is 0 Å². The molecule has 2 atom stereocenters. The van der Waals surface area contributed by atoms with Gasteiger partial charge in [0, 0.05) is 13.0 Å². The summed E-state index contributed by atoms with van der Waals surface area (Å²) in [6.07, 6.45) is 4.34. The summed E-state index contributed by atoms with van der Waals surface area (Å²) in [5, 5.41) is 2.74. The van der Waals surface area contributed by atoms with Gasteiger partial charge in [-0.25, -0.2) is 8.42 Å². The van der Waals surface area contributed by atoms with E-state index in [0.717, 1.165) is 31.2 Å². The first-order valence-corrected chi connectivity index (χ1v) is 9.72. The van der Waals surface area contributed by atoms with E-state index in [2.05, 4.69) is 5.32 Å². The van der Waals surface area contributed by atoms with Crippen LogP contribution in [-0.4, -0.2) is 31.4 Å². The van der Waals surface area contributed by atoms with Gasteiger partial charge in [0.25, 0.3) is 0 Å². The molecule has 1 aromatic rings. The highest BCUT2D eigenvalue weighted by Crippen LogP contribution is 2.45. The molecule has 3 rings (SSSR count). The summed E-state index contributed by atoms with van der Waals surface area (Å²) in [6.45, 7) is 0.251. The number of rotatable bonds is 2. The zero-order chi connectivity index (χ0) is 15.6. The van der Waals surface area contributed by atoms with Crippen LogP contribution >= 0.6 is 0 Å². The molecule has 4 nitrogen and oxygen atoms in total. The number of hydrogen-bond acceptors (Lipinski definition) is 3. The van der Waals surface area contributed by atoms with Crippen LogP contribution in [0.5, 0.6) is 0 Å². The van der Waals surface area contributed by atoms with Crippen molar-refractivity contribution in [2.45, 2.75) is 43.3 Å². The van der Waals surface area contributed by atoms with Crippen LogP contribution in [-0.2, 0) is 21.1 Å². The summed E-state index contributed by atoms with van der Waals surface area (Å²) in [5.74, 6) is 0.00264. The Kier molecular flexibility index (Phi) is 4.26. The van der Waals surface area contributed by atoms with Crippen molar-refractivity contribution < 1.29 is 13.2 Å². The Balaban J connectivity index is 1.97. The molecule has 1 spiro atoms. The number of nitrogens with one attached hydrogen (secondary N) is 1. The Morgan fingerprint density at radius 1 is 1.18 bits per heavy atom. The standard InChI is InChI=1S/C17H23NO3S/c19-16-13-17(22(20,21)11-10-18-16)9-5-4-8-15(17)12-14-6-2-1-3-7-14/h1-3,6-7,15H,4-5,8-13H2,(H,18,19)/t15-,17-/m0/s1. The molecule has 120 valence electrons. The van der Waals surface area contributed by atoms with Gasteiger partial charge in [0.05, 0.1) is 10.5 Å². The van der Waals surface area contributed by atoms with E-state index < -0.39 is 14.6 Å². The highest BCUT2D eigenvalue weighted by molar-refractivity contribution is 7.92. The van der Waals surface area contributed by atoms with Crippen molar-refractivity contribution in [3.63, 3.8) is 0 Å². The molecule has 0 aromatic heterocycles. The number of carbonyl (C=O) groups excluding carboxylic acids is 1. The Hall–Kier alpha value is -1.36. The van der Waals surface area contributed by atoms with Gasteiger partial charge in [0.1, 0.15) is 0 Å². The summed E-state index contributed by atoms with van der Waals surface area (Å²) < 4.78 is 25.0. The molecule has 1 aliphatic carbocycles. The Morgan fingerprint density at radius 3 is 2.73 bits per heavy atom. The fourth-order valence-corrected chi connectivity index (χ4v) is 6.38. The fourth-order valence-electron chi connectivity index (χ4n) is 4.08. The minimum Gasteiger partial charge on any atom is -0.355 e. The van der Waals surface area contributed by atoms with Crippen molar-refractivity contribution in [3.8, 4) is 0 Å². The van der Waals surface area contributed by atoms with E-state index in [1.807, 2.05) is 30.3 Å². The van der Waals surface area contributed by atoms with Crippen LogP contribution in [0.15, 0.2) is 30.3 Å². The molecule has 2 fully saturated rings. The summed E-state index contributed by atoms with van der Waals surface area (Å²) in [4.78, 5) is 12.1. The molecule has 1 heterocycles. The molecular weight excluding hydrogens is 298 g/mol. The zero-order valence-electron chi connectivity index (χ0n) is 12.8.